The van der Waals surface area contributed by atoms with Gasteiger partial charge in [-0.15, -0.1) is 0 Å². The Hall–Kier alpha value is -1.65. The van der Waals surface area contributed by atoms with E-state index in [1.165, 1.54) is 0 Å². The van der Waals surface area contributed by atoms with Gasteiger partial charge in [-0.3, -0.25) is 0 Å². The fraction of sp³-hybridized carbons (Fsp3) is 0.462. The topological polar surface area (TPSA) is 33.6 Å². The summed E-state index contributed by atoms with van der Waals surface area (Å²) in [4.78, 5) is 0. The molecule has 1 atom stereocenters. The highest BCUT2D eigenvalue weighted by Crippen LogP contribution is 2.23. The molecule has 1 aliphatic rings. The molecule has 0 radical (unpaired) electrons. The van der Waals surface area contributed by atoms with Gasteiger partial charge in [0.25, 0.3) is 0 Å². The molecule has 1 aromatic rings. The monoisotopic (exact) mass is 254 g/mol. The summed E-state index contributed by atoms with van der Waals surface area (Å²) in [5.74, 6) is 1.00. The number of nitrogens with one attached hydrogen (secondary N) is 1. The van der Waals surface area contributed by atoms with Crippen molar-refractivity contribution < 1.29 is 13.5 Å². The van der Waals surface area contributed by atoms with E-state index in [1.54, 1.807) is 24.3 Å². The van der Waals surface area contributed by atoms with Crippen molar-refractivity contribution >= 4 is 5.71 Å². The van der Waals surface area contributed by atoms with Crippen molar-refractivity contribution in [1.29, 1.82) is 0 Å². The van der Waals surface area contributed by atoms with Crippen molar-refractivity contribution in [2.75, 3.05) is 6.54 Å². The first kappa shape index (κ1) is 12.8. The summed E-state index contributed by atoms with van der Waals surface area (Å²) in [5.41, 5.74) is 4.91. The lowest BCUT2D eigenvalue weighted by Crippen LogP contribution is -2.22. The molecule has 0 saturated heterocycles. The standard InChI is InChI=1S/C13H16F2N2O/c1-8(2)11-7-16-17-12(11)9-3-5-10(6-4-9)18-13(14)15/h3-6,8,11,13,16H,7H2,1-2H3. The second-order valence-electron chi connectivity index (χ2n) is 4.61. The Bertz CT molecular complexity index is 429. The Labute approximate surface area is 105 Å². The molecule has 1 N–H and O–H groups in total. The number of rotatable bonds is 4. The van der Waals surface area contributed by atoms with Gasteiger partial charge in [0, 0.05) is 12.5 Å². The van der Waals surface area contributed by atoms with E-state index in [0.29, 0.717) is 11.8 Å². The van der Waals surface area contributed by atoms with Crippen LogP contribution < -0.4 is 10.2 Å². The van der Waals surface area contributed by atoms with Crippen molar-refractivity contribution in [1.82, 2.24) is 5.43 Å². The van der Waals surface area contributed by atoms with Crippen LogP contribution in [-0.4, -0.2) is 18.9 Å². The Morgan fingerprint density at radius 2 is 1.94 bits per heavy atom. The molecule has 0 amide bonds. The van der Waals surface area contributed by atoms with Gasteiger partial charge in [-0.2, -0.15) is 13.9 Å². The number of hydrogen-bond donors (Lipinski definition) is 1. The van der Waals surface area contributed by atoms with Gasteiger partial charge < -0.3 is 10.2 Å². The smallest absolute Gasteiger partial charge is 0.387 e. The number of ether oxygens (including phenoxy) is 1. The normalized spacial score (nSPS) is 19.0. The predicted octanol–water partition coefficient (Wildman–Crippen LogP) is 2.87. The molecule has 0 saturated carbocycles. The Morgan fingerprint density at radius 1 is 1.28 bits per heavy atom. The van der Waals surface area contributed by atoms with Crippen molar-refractivity contribution in [2.24, 2.45) is 16.9 Å². The van der Waals surface area contributed by atoms with E-state index >= 15 is 0 Å². The molecule has 1 unspecified atom stereocenters. The van der Waals surface area contributed by atoms with E-state index in [2.05, 4.69) is 29.1 Å². The van der Waals surface area contributed by atoms with E-state index in [9.17, 15) is 8.78 Å². The summed E-state index contributed by atoms with van der Waals surface area (Å²) < 4.78 is 28.4. The molecule has 0 spiro atoms. The maximum absolute atomic E-state index is 12.0. The molecule has 2 rings (SSSR count). The van der Waals surface area contributed by atoms with Gasteiger partial charge >= 0.3 is 6.61 Å². The van der Waals surface area contributed by atoms with Crippen LogP contribution in [0.25, 0.3) is 0 Å². The van der Waals surface area contributed by atoms with Crippen molar-refractivity contribution in [3.05, 3.63) is 29.8 Å². The fourth-order valence-corrected chi connectivity index (χ4v) is 2.05. The van der Waals surface area contributed by atoms with Crippen molar-refractivity contribution in [3.63, 3.8) is 0 Å². The number of halogens is 2. The number of hydrogen-bond acceptors (Lipinski definition) is 3. The third-order valence-electron chi connectivity index (χ3n) is 3.04. The lowest BCUT2D eigenvalue weighted by atomic mass is 9.88. The lowest BCUT2D eigenvalue weighted by Gasteiger charge is -2.16. The molecule has 0 aliphatic carbocycles. The summed E-state index contributed by atoms with van der Waals surface area (Å²) in [6, 6.07) is 6.61. The zero-order valence-electron chi connectivity index (χ0n) is 10.4. The summed E-state index contributed by atoms with van der Waals surface area (Å²) in [6.07, 6.45) is 0. The molecule has 1 heterocycles. The first-order valence-corrected chi connectivity index (χ1v) is 5.93. The van der Waals surface area contributed by atoms with Gasteiger partial charge in [0.2, 0.25) is 0 Å². The van der Waals surface area contributed by atoms with Gasteiger partial charge in [-0.1, -0.05) is 13.8 Å². The molecular weight excluding hydrogens is 238 g/mol. The van der Waals surface area contributed by atoms with Crippen LogP contribution in [0.3, 0.4) is 0 Å². The molecular formula is C13H16F2N2O. The quantitative estimate of drug-likeness (QED) is 0.896. The maximum Gasteiger partial charge on any atom is 0.387 e. The van der Waals surface area contributed by atoms with E-state index in [0.717, 1.165) is 17.8 Å². The second-order valence-corrected chi connectivity index (χ2v) is 4.61. The summed E-state index contributed by atoms with van der Waals surface area (Å²) >= 11 is 0. The third kappa shape index (κ3) is 2.78. The molecule has 18 heavy (non-hydrogen) atoms. The van der Waals surface area contributed by atoms with Crippen LogP contribution in [0.5, 0.6) is 5.75 Å². The SMILES string of the molecule is CC(C)C1CNN=C1c1ccc(OC(F)F)cc1. The summed E-state index contributed by atoms with van der Waals surface area (Å²) in [6.45, 7) is 2.32. The van der Waals surface area contributed by atoms with Gasteiger partial charge in [-0.05, 0) is 35.7 Å². The predicted molar refractivity (Wildman–Crippen MR) is 65.9 cm³/mol. The molecule has 0 fully saturated rings. The molecule has 1 aromatic carbocycles. The zero-order valence-corrected chi connectivity index (χ0v) is 10.4. The first-order chi connectivity index (χ1) is 8.58. The molecule has 0 bridgehead atoms. The van der Waals surface area contributed by atoms with E-state index in [1.807, 2.05) is 0 Å². The Kier molecular flexibility index (Phi) is 3.79. The molecule has 3 nitrogen and oxygen atoms in total. The summed E-state index contributed by atoms with van der Waals surface area (Å²) in [5, 5.41) is 4.28. The summed E-state index contributed by atoms with van der Waals surface area (Å²) in [7, 11) is 0. The van der Waals surface area contributed by atoms with Crippen LogP contribution in [0.2, 0.25) is 0 Å². The molecule has 0 aromatic heterocycles. The maximum atomic E-state index is 12.0. The Balaban J connectivity index is 2.14. The van der Waals surface area contributed by atoms with Gasteiger partial charge in [0.1, 0.15) is 5.75 Å². The molecule has 98 valence electrons. The van der Waals surface area contributed by atoms with Crippen LogP contribution >= 0.6 is 0 Å². The Morgan fingerprint density at radius 3 is 2.50 bits per heavy atom. The van der Waals surface area contributed by atoms with E-state index < -0.39 is 6.61 Å². The minimum Gasteiger partial charge on any atom is -0.435 e. The number of benzene rings is 1. The highest BCUT2D eigenvalue weighted by Gasteiger charge is 2.25. The minimum atomic E-state index is -2.79. The van der Waals surface area contributed by atoms with Crippen LogP contribution in [0.15, 0.2) is 29.4 Å². The first-order valence-electron chi connectivity index (χ1n) is 5.93. The number of alkyl halides is 2. The number of nitrogens with zero attached hydrogens (tertiary/aromatic N) is 1. The number of hydrazone groups is 1. The van der Waals surface area contributed by atoms with Gasteiger partial charge in [0.05, 0.1) is 5.71 Å². The van der Waals surface area contributed by atoms with E-state index in [4.69, 9.17) is 0 Å². The average Bonchev–Trinajstić information content (AvgIpc) is 2.78. The second kappa shape index (κ2) is 5.33. The van der Waals surface area contributed by atoms with Crippen LogP contribution in [0.4, 0.5) is 8.78 Å². The van der Waals surface area contributed by atoms with E-state index in [-0.39, 0.29) is 5.75 Å². The average molecular weight is 254 g/mol. The molecule has 1 aliphatic heterocycles. The minimum absolute atomic E-state index is 0.168. The fourth-order valence-electron chi connectivity index (χ4n) is 2.05. The lowest BCUT2D eigenvalue weighted by molar-refractivity contribution is -0.0498. The molecule has 5 heteroatoms. The van der Waals surface area contributed by atoms with Crippen LogP contribution in [0, 0.1) is 11.8 Å². The van der Waals surface area contributed by atoms with Gasteiger partial charge in [-0.25, -0.2) is 0 Å². The van der Waals surface area contributed by atoms with Gasteiger partial charge in [0.15, 0.2) is 0 Å². The highest BCUT2D eigenvalue weighted by molar-refractivity contribution is 6.03. The largest absolute Gasteiger partial charge is 0.435 e. The van der Waals surface area contributed by atoms with Crippen LogP contribution in [-0.2, 0) is 0 Å². The van der Waals surface area contributed by atoms with Crippen LogP contribution in [0.1, 0.15) is 19.4 Å². The highest BCUT2D eigenvalue weighted by atomic mass is 19.3. The third-order valence-corrected chi connectivity index (χ3v) is 3.04. The van der Waals surface area contributed by atoms with Crippen molar-refractivity contribution in [2.45, 2.75) is 20.5 Å². The zero-order chi connectivity index (χ0) is 13.1. The van der Waals surface area contributed by atoms with Crippen molar-refractivity contribution in [3.8, 4) is 5.75 Å².